The molecule has 0 saturated carbocycles. The molecular weight excluding hydrogens is 310 g/mol. The molecule has 0 aromatic heterocycles. The van der Waals surface area contributed by atoms with Gasteiger partial charge < -0.3 is 18.9 Å². The van der Waals surface area contributed by atoms with Crippen LogP contribution in [0.1, 0.15) is 20.8 Å². The fraction of sp³-hybridized carbons (Fsp3) is 0.714. The van der Waals surface area contributed by atoms with Crippen LogP contribution in [0, 0.1) is 16.0 Å². The van der Waals surface area contributed by atoms with Crippen molar-refractivity contribution in [1.29, 1.82) is 0 Å². The van der Waals surface area contributed by atoms with Gasteiger partial charge in [0.2, 0.25) is 0 Å². The van der Waals surface area contributed by atoms with E-state index in [-0.39, 0.29) is 18.0 Å². The van der Waals surface area contributed by atoms with Gasteiger partial charge in [-0.15, -0.1) is 0 Å². The van der Waals surface area contributed by atoms with Crippen LogP contribution in [0.4, 0.5) is 0 Å². The highest BCUT2D eigenvalue weighted by atomic mass is 16.7. The number of nitro groups is 1. The Kier molecular flexibility index (Phi) is 5.00. The molecule has 9 nitrogen and oxygen atoms in total. The fourth-order valence-corrected chi connectivity index (χ4v) is 3.14. The summed E-state index contributed by atoms with van der Waals surface area (Å²) in [5.74, 6) is -1.43. The van der Waals surface area contributed by atoms with Crippen LogP contribution in [-0.4, -0.2) is 54.9 Å². The fourth-order valence-electron chi connectivity index (χ4n) is 3.14. The van der Waals surface area contributed by atoms with Gasteiger partial charge >= 0.3 is 5.97 Å². The minimum atomic E-state index is -1.23. The van der Waals surface area contributed by atoms with Crippen LogP contribution in [-0.2, 0) is 28.5 Å². The number of rotatable bonds is 5. The highest BCUT2D eigenvalue weighted by Gasteiger charge is 2.59. The number of carbonyl (C=O) groups excluding carboxylic acids is 2. The SMILES string of the molecule is CO[C@@H]1O[C@H](COC(C)=O)[C@H]2OC(C)=C(C(C)=O)[C@@H]1[C@@H]2[N+](=O)[O-]. The molecule has 2 bridgehead atoms. The summed E-state index contributed by atoms with van der Waals surface area (Å²) in [7, 11) is 1.34. The maximum Gasteiger partial charge on any atom is 0.302 e. The molecule has 128 valence electrons. The van der Waals surface area contributed by atoms with E-state index >= 15 is 0 Å². The van der Waals surface area contributed by atoms with Gasteiger partial charge in [0, 0.05) is 24.5 Å². The quantitative estimate of drug-likeness (QED) is 0.405. The third kappa shape index (κ3) is 3.20. The molecule has 0 spiro atoms. The van der Waals surface area contributed by atoms with Gasteiger partial charge in [0.15, 0.2) is 18.2 Å². The number of fused-ring (bicyclic) bond motifs is 2. The number of nitrogens with zero attached hydrogens (tertiary/aromatic N) is 1. The summed E-state index contributed by atoms with van der Waals surface area (Å²) in [5, 5.41) is 11.6. The highest BCUT2D eigenvalue weighted by Crippen LogP contribution is 2.41. The van der Waals surface area contributed by atoms with E-state index in [1.54, 1.807) is 6.92 Å². The Morgan fingerprint density at radius 1 is 1.35 bits per heavy atom. The molecule has 2 aliphatic rings. The second kappa shape index (κ2) is 6.63. The van der Waals surface area contributed by atoms with Crippen molar-refractivity contribution in [2.75, 3.05) is 13.7 Å². The van der Waals surface area contributed by atoms with Gasteiger partial charge in [0.05, 0.1) is 0 Å². The molecule has 0 aromatic rings. The molecule has 0 aliphatic carbocycles. The van der Waals surface area contributed by atoms with Crippen molar-refractivity contribution in [3.8, 4) is 0 Å². The molecule has 1 fully saturated rings. The van der Waals surface area contributed by atoms with Gasteiger partial charge in [-0.1, -0.05) is 0 Å². The van der Waals surface area contributed by atoms with E-state index in [2.05, 4.69) is 0 Å². The molecule has 0 N–H and O–H groups in total. The van der Waals surface area contributed by atoms with E-state index in [1.807, 2.05) is 0 Å². The van der Waals surface area contributed by atoms with Crippen LogP contribution in [0.3, 0.4) is 0 Å². The summed E-state index contributed by atoms with van der Waals surface area (Å²) >= 11 is 0. The highest BCUT2D eigenvalue weighted by molar-refractivity contribution is 5.94. The lowest BCUT2D eigenvalue weighted by Crippen LogP contribution is -2.63. The van der Waals surface area contributed by atoms with Crippen LogP contribution in [0.5, 0.6) is 0 Å². The topological polar surface area (TPSA) is 114 Å². The summed E-state index contributed by atoms with van der Waals surface area (Å²) < 4.78 is 21.3. The minimum absolute atomic E-state index is 0.195. The Bertz CT molecular complexity index is 557. The van der Waals surface area contributed by atoms with E-state index in [0.29, 0.717) is 5.76 Å². The lowest BCUT2D eigenvalue weighted by atomic mass is 9.79. The van der Waals surface area contributed by atoms with Crippen LogP contribution < -0.4 is 0 Å². The van der Waals surface area contributed by atoms with Crippen molar-refractivity contribution in [3.05, 3.63) is 21.4 Å². The van der Waals surface area contributed by atoms with Crippen LogP contribution in [0.2, 0.25) is 0 Å². The van der Waals surface area contributed by atoms with Crippen molar-refractivity contribution in [2.45, 2.75) is 45.3 Å². The zero-order chi connectivity index (χ0) is 17.3. The first-order valence-electron chi connectivity index (χ1n) is 7.11. The van der Waals surface area contributed by atoms with Crippen molar-refractivity contribution in [1.82, 2.24) is 0 Å². The molecule has 0 unspecified atom stereocenters. The lowest BCUT2D eigenvalue weighted by molar-refractivity contribution is -0.562. The largest absolute Gasteiger partial charge is 0.484 e. The second-order valence-electron chi connectivity index (χ2n) is 5.49. The number of hydrogen-bond donors (Lipinski definition) is 0. The minimum Gasteiger partial charge on any atom is -0.484 e. The molecular formula is C14H19NO8. The lowest BCUT2D eigenvalue weighted by Gasteiger charge is -2.45. The average molecular weight is 329 g/mol. The van der Waals surface area contributed by atoms with E-state index in [1.165, 1.54) is 21.0 Å². The second-order valence-corrected chi connectivity index (χ2v) is 5.49. The summed E-state index contributed by atoms with van der Waals surface area (Å²) in [5.41, 5.74) is 0.195. The summed E-state index contributed by atoms with van der Waals surface area (Å²) in [6.45, 7) is 3.93. The van der Waals surface area contributed by atoms with E-state index in [9.17, 15) is 19.7 Å². The van der Waals surface area contributed by atoms with Crippen LogP contribution in [0.15, 0.2) is 11.3 Å². The van der Waals surface area contributed by atoms with E-state index in [4.69, 9.17) is 18.9 Å². The smallest absolute Gasteiger partial charge is 0.302 e. The predicted octanol–water partition coefficient (Wildman–Crippen LogP) is 0.444. The predicted molar refractivity (Wildman–Crippen MR) is 74.8 cm³/mol. The maximum atomic E-state index is 11.9. The Labute approximate surface area is 132 Å². The molecule has 9 heteroatoms. The molecule has 2 heterocycles. The van der Waals surface area contributed by atoms with Crippen LogP contribution >= 0.6 is 0 Å². The Hall–Kier alpha value is -2.00. The molecule has 1 saturated heterocycles. The molecule has 5 atom stereocenters. The number of ketones is 1. The van der Waals surface area contributed by atoms with Crippen molar-refractivity contribution < 1.29 is 33.5 Å². The maximum absolute atomic E-state index is 11.9. The summed E-state index contributed by atoms with van der Waals surface area (Å²) in [6.07, 6.45) is -2.83. The number of esters is 1. The molecule has 2 aliphatic heterocycles. The Morgan fingerprint density at radius 2 is 2.00 bits per heavy atom. The van der Waals surface area contributed by atoms with Crippen molar-refractivity contribution >= 4 is 11.8 Å². The standard InChI is InChI=1S/C14H19NO8/c1-6(16)10-7(2)22-13-9(5-21-8(3)17)23-14(20-4)11(10)12(13)15(18)19/h9,11-14H,5H2,1-4H3/t9-,11-,12+,13-,14-/m1/s1. The van der Waals surface area contributed by atoms with E-state index < -0.39 is 41.4 Å². The summed E-state index contributed by atoms with van der Waals surface area (Å²) in [4.78, 5) is 33.9. The first kappa shape index (κ1) is 17.4. The molecule has 0 radical (unpaired) electrons. The number of ether oxygens (including phenoxy) is 4. The van der Waals surface area contributed by atoms with E-state index in [0.717, 1.165) is 0 Å². The van der Waals surface area contributed by atoms with Gasteiger partial charge in [-0.2, -0.15) is 0 Å². The third-order valence-electron chi connectivity index (χ3n) is 4.00. The number of hydrogen-bond acceptors (Lipinski definition) is 8. The average Bonchev–Trinajstić information content (AvgIpc) is 2.45. The Morgan fingerprint density at radius 3 is 2.48 bits per heavy atom. The first-order valence-corrected chi connectivity index (χ1v) is 7.11. The molecule has 0 aromatic carbocycles. The van der Waals surface area contributed by atoms with Gasteiger partial charge in [-0.25, -0.2) is 0 Å². The summed E-state index contributed by atoms with van der Waals surface area (Å²) in [6, 6.07) is -1.23. The van der Waals surface area contributed by atoms with Gasteiger partial charge in [-0.05, 0) is 13.8 Å². The molecule has 0 amide bonds. The van der Waals surface area contributed by atoms with Gasteiger partial charge in [0.1, 0.15) is 24.4 Å². The van der Waals surface area contributed by atoms with Gasteiger partial charge in [0.25, 0.3) is 6.04 Å². The third-order valence-corrected chi connectivity index (χ3v) is 4.00. The zero-order valence-corrected chi connectivity index (χ0v) is 13.3. The molecule has 23 heavy (non-hydrogen) atoms. The Balaban J connectivity index is 2.43. The monoisotopic (exact) mass is 329 g/mol. The van der Waals surface area contributed by atoms with Gasteiger partial charge in [-0.3, -0.25) is 19.7 Å². The van der Waals surface area contributed by atoms with Crippen molar-refractivity contribution in [3.63, 3.8) is 0 Å². The number of Topliss-reactive ketones (excluding diaryl/α,β-unsaturated/α-hetero) is 1. The zero-order valence-electron chi connectivity index (χ0n) is 13.3. The van der Waals surface area contributed by atoms with Crippen LogP contribution in [0.25, 0.3) is 0 Å². The van der Waals surface area contributed by atoms with Crippen molar-refractivity contribution in [2.24, 2.45) is 5.92 Å². The number of methoxy groups -OCH3 is 1. The number of allylic oxidation sites excluding steroid dienone is 1. The first-order chi connectivity index (χ1) is 10.8. The molecule has 2 rings (SSSR count). The normalized spacial score (nSPS) is 33.0. The number of carbonyl (C=O) groups is 2.